The van der Waals surface area contributed by atoms with Crippen LogP contribution in [0.5, 0.6) is 0 Å². The van der Waals surface area contributed by atoms with Crippen molar-refractivity contribution in [1.82, 2.24) is 10.3 Å². The second-order valence-electron chi connectivity index (χ2n) is 6.00. The molecule has 2 aromatic rings. The van der Waals surface area contributed by atoms with Gasteiger partial charge in [0.05, 0.1) is 0 Å². The van der Waals surface area contributed by atoms with Crippen molar-refractivity contribution in [2.45, 2.75) is 18.9 Å². The average Bonchev–Trinajstić information content (AvgIpc) is 3.04. The number of carbonyl (C=O) groups is 2. The van der Waals surface area contributed by atoms with E-state index in [1.807, 2.05) is 30.5 Å². The number of nitrogens with one attached hydrogen (secondary N) is 2. The number of carboxylic acids is 2. The van der Waals surface area contributed by atoms with E-state index in [1.165, 1.54) is 12.3 Å². The summed E-state index contributed by atoms with van der Waals surface area (Å²) in [5.74, 6) is -2.02. The Morgan fingerprint density at radius 3 is 2.85 bits per heavy atom. The van der Waals surface area contributed by atoms with Gasteiger partial charge in [0.15, 0.2) is 6.04 Å². The molecule has 0 saturated heterocycles. The van der Waals surface area contributed by atoms with Crippen LogP contribution in [-0.4, -0.2) is 45.9 Å². The summed E-state index contributed by atoms with van der Waals surface area (Å²) in [5.41, 5.74) is 2.78. The maximum absolute atomic E-state index is 11.5. The van der Waals surface area contributed by atoms with Crippen LogP contribution in [0.2, 0.25) is 0 Å². The van der Waals surface area contributed by atoms with Crippen LogP contribution in [0.15, 0.2) is 58.9 Å². The third-order valence-electron chi connectivity index (χ3n) is 4.22. The lowest BCUT2D eigenvalue weighted by Gasteiger charge is -2.14. The minimum atomic E-state index is -1.02. The summed E-state index contributed by atoms with van der Waals surface area (Å²) in [6.07, 6.45) is 7.38. The predicted octanol–water partition coefficient (Wildman–Crippen LogP) is 2.12. The Balaban J connectivity index is 1.75. The second kappa shape index (κ2) is 7.69. The molecular weight excluding hydrogens is 334 g/mol. The van der Waals surface area contributed by atoms with E-state index in [0.29, 0.717) is 13.0 Å². The number of benzene rings is 1. The predicted molar refractivity (Wildman–Crippen MR) is 98.3 cm³/mol. The number of aromatic amines is 1. The SMILES string of the molecule is O=C(O)C1=CC(=CC=NC(Cc2c[nH]c3ccccc23)C(=O)O)CCN1. The standard InChI is InChI=1S/C19H19N3O4/c23-18(24)16-9-12(5-7-20-16)6-8-21-17(19(25)26)10-13-11-22-15-4-2-1-3-14(13)15/h1-4,6,8-9,11,17,20,22H,5,7,10H2,(H,23,24)(H,25,26). The van der Waals surface area contributed by atoms with Gasteiger partial charge in [-0.2, -0.15) is 0 Å². The average molecular weight is 353 g/mol. The van der Waals surface area contributed by atoms with Crippen LogP contribution in [0.4, 0.5) is 0 Å². The summed E-state index contributed by atoms with van der Waals surface area (Å²) in [7, 11) is 0. The fourth-order valence-corrected chi connectivity index (χ4v) is 2.87. The van der Waals surface area contributed by atoms with E-state index >= 15 is 0 Å². The summed E-state index contributed by atoms with van der Waals surface area (Å²) in [4.78, 5) is 29.8. The summed E-state index contributed by atoms with van der Waals surface area (Å²) in [5, 5.41) is 22.2. The molecule has 7 heteroatoms. The molecule has 2 heterocycles. The van der Waals surface area contributed by atoms with Gasteiger partial charge in [0.2, 0.25) is 0 Å². The molecule has 0 spiro atoms. The van der Waals surface area contributed by atoms with Gasteiger partial charge in [-0.05, 0) is 35.8 Å². The number of carboxylic acid groups (broad SMARTS) is 2. The lowest BCUT2D eigenvalue weighted by Crippen LogP contribution is -2.25. The number of hydrogen-bond donors (Lipinski definition) is 4. The minimum Gasteiger partial charge on any atom is -0.480 e. The van der Waals surface area contributed by atoms with Crippen molar-refractivity contribution in [3.63, 3.8) is 0 Å². The van der Waals surface area contributed by atoms with E-state index in [-0.39, 0.29) is 12.1 Å². The zero-order valence-electron chi connectivity index (χ0n) is 14.0. The molecule has 1 unspecified atom stereocenters. The van der Waals surface area contributed by atoms with E-state index in [0.717, 1.165) is 22.0 Å². The van der Waals surface area contributed by atoms with E-state index in [9.17, 15) is 14.7 Å². The smallest absolute Gasteiger partial charge is 0.351 e. The molecule has 26 heavy (non-hydrogen) atoms. The highest BCUT2D eigenvalue weighted by Crippen LogP contribution is 2.20. The Hall–Kier alpha value is -3.35. The Morgan fingerprint density at radius 1 is 1.27 bits per heavy atom. The molecule has 1 aliphatic rings. The molecule has 1 atom stereocenters. The van der Waals surface area contributed by atoms with Gasteiger partial charge >= 0.3 is 11.9 Å². The van der Waals surface area contributed by atoms with Crippen molar-refractivity contribution in [2.75, 3.05) is 6.54 Å². The van der Waals surface area contributed by atoms with Gasteiger partial charge in [0, 0.05) is 36.3 Å². The van der Waals surface area contributed by atoms with Crippen molar-refractivity contribution >= 4 is 29.1 Å². The van der Waals surface area contributed by atoms with E-state index in [4.69, 9.17) is 5.11 Å². The van der Waals surface area contributed by atoms with Crippen molar-refractivity contribution in [3.8, 4) is 0 Å². The fourth-order valence-electron chi connectivity index (χ4n) is 2.87. The maximum Gasteiger partial charge on any atom is 0.351 e. The van der Waals surface area contributed by atoms with Gasteiger partial charge in [-0.25, -0.2) is 9.59 Å². The largest absolute Gasteiger partial charge is 0.480 e. The van der Waals surface area contributed by atoms with Gasteiger partial charge in [-0.1, -0.05) is 18.2 Å². The molecule has 4 N–H and O–H groups in total. The normalized spacial score (nSPS) is 17.2. The number of fused-ring (bicyclic) bond motifs is 1. The summed E-state index contributed by atoms with van der Waals surface area (Å²) in [6, 6.07) is 6.80. The molecule has 0 amide bonds. The van der Waals surface area contributed by atoms with Gasteiger partial charge in [0.25, 0.3) is 0 Å². The first-order chi connectivity index (χ1) is 12.5. The number of rotatable bonds is 6. The lowest BCUT2D eigenvalue weighted by molar-refractivity contribution is -0.138. The molecule has 0 saturated carbocycles. The van der Waals surface area contributed by atoms with Crippen LogP contribution in [-0.2, 0) is 16.0 Å². The van der Waals surface area contributed by atoms with Crippen molar-refractivity contribution < 1.29 is 19.8 Å². The summed E-state index contributed by atoms with van der Waals surface area (Å²) >= 11 is 0. The molecule has 134 valence electrons. The number of allylic oxidation sites excluding steroid dienone is 2. The second-order valence-corrected chi connectivity index (χ2v) is 6.00. The number of aromatic nitrogens is 1. The molecule has 1 aromatic heterocycles. The van der Waals surface area contributed by atoms with Crippen LogP contribution >= 0.6 is 0 Å². The highest BCUT2D eigenvalue weighted by atomic mass is 16.4. The van der Waals surface area contributed by atoms with Gasteiger partial charge in [-0.3, -0.25) is 4.99 Å². The van der Waals surface area contributed by atoms with E-state index in [1.54, 1.807) is 6.08 Å². The Bertz CT molecular complexity index is 924. The number of H-pyrrole nitrogens is 1. The van der Waals surface area contributed by atoms with Crippen LogP contribution < -0.4 is 5.32 Å². The molecule has 1 aliphatic heterocycles. The lowest BCUT2D eigenvalue weighted by atomic mass is 10.1. The first kappa shape index (κ1) is 17.5. The quantitative estimate of drug-likeness (QED) is 0.594. The monoisotopic (exact) mass is 353 g/mol. The molecule has 1 aromatic carbocycles. The Morgan fingerprint density at radius 2 is 2.08 bits per heavy atom. The molecular formula is C19H19N3O4. The Kier molecular flexibility index (Phi) is 5.17. The molecule has 7 nitrogen and oxygen atoms in total. The third kappa shape index (κ3) is 4.00. The highest BCUT2D eigenvalue weighted by molar-refractivity contribution is 5.88. The first-order valence-corrected chi connectivity index (χ1v) is 8.23. The zero-order chi connectivity index (χ0) is 18.5. The zero-order valence-corrected chi connectivity index (χ0v) is 14.0. The van der Waals surface area contributed by atoms with Crippen LogP contribution in [0.1, 0.15) is 12.0 Å². The molecule has 0 aliphatic carbocycles. The molecule has 0 bridgehead atoms. The Labute approximate surface area is 149 Å². The number of aliphatic carboxylic acids is 2. The molecule has 3 rings (SSSR count). The maximum atomic E-state index is 11.5. The number of aliphatic imine (C=N–C) groups is 1. The third-order valence-corrected chi connectivity index (χ3v) is 4.22. The summed E-state index contributed by atoms with van der Waals surface area (Å²) < 4.78 is 0. The van der Waals surface area contributed by atoms with Gasteiger partial charge in [-0.15, -0.1) is 0 Å². The van der Waals surface area contributed by atoms with E-state index in [2.05, 4.69) is 15.3 Å². The number of para-hydroxylation sites is 1. The minimum absolute atomic E-state index is 0.129. The van der Waals surface area contributed by atoms with Crippen LogP contribution in [0.25, 0.3) is 10.9 Å². The topological polar surface area (TPSA) is 115 Å². The van der Waals surface area contributed by atoms with Crippen molar-refractivity contribution in [2.24, 2.45) is 4.99 Å². The number of hydrogen-bond acceptors (Lipinski definition) is 4. The van der Waals surface area contributed by atoms with Crippen LogP contribution in [0, 0.1) is 0 Å². The molecule has 0 radical (unpaired) electrons. The van der Waals surface area contributed by atoms with Gasteiger partial charge in [0.1, 0.15) is 5.70 Å². The fraction of sp³-hybridized carbons (Fsp3) is 0.211. The van der Waals surface area contributed by atoms with Crippen molar-refractivity contribution in [1.29, 1.82) is 0 Å². The number of nitrogens with zero attached hydrogens (tertiary/aromatic N) is 1. The molecule has 0 fully saturated rings. The summed E-state index contributed by atoms with van der Waals surface area (Å²) in [6.45, 7) is 0.523. The van der Waals surface area contributed by atoms with Gasteiger partial charge < -0.3 is 20.5 Å². The van der Waals surface area contributed by atoms with Crippen LogP contribution in [0.3, 0.4) is 0 Å². The highest BCUT2D eigenvalue weighted by Gasteiger charge is 2.18. The first-order valence-electron chi connectivity index (χ1n) is 8.23. The van der Waals surface area contributed by atoms with Crippen molar-refractivity contribution in [3.05, 3.63) is 59.4 Å². The van der Waals surface area contributed by atoms with E-state index < -0.39 is 18.0 Å².